The summed E-state index contributed by atoms with van der Waals surface area (Å²) >= 11 is 0. The van der Waals surface area contributed by atoms with Gasteiger partial charge in [-0.2, -0.15) is 0 Å². The number of hydrogen-bond acceptors (Lipinski definition) is 15. The minimum atomic E-state index is -0.681. The molecule has 2 atom stereocenters. The van der Waals surface area contributed by atoms with Crippen molar-refractivity contribution in [1.29, 1.82) is 0 Å². The highest BCUT2D eigenvalue weighted by Crippen LogP contribution is 2.50. The van der Waals surface area contributed by atoms with Gasteiger partial charge < -0.3 is 53.1 Å². The predicted molar refractivity (Wildman–Crippen MR) is 204 cm³/mol. The number of likely N-dealkylation sites (N-methyl/N-ethyl adjacent to an activating group) is 1. The summed E-state index contributed by atoms with van der Waals surface area (Å²) in [4.78, 5) is 53.5. The van der Waals surface area contributed by atoms with Crippen molar-refractivity contribution in [2.75, 3.05) is 55.1 Å². The van der Waals surface area contributed by atoms with Crippen LogP contribution in [0.3, 0.4) is 0 Å². The number of nitrogens with zero attached hydrogens (tertiary/aromatic N) is 1. The summed E-state index contributed by atoms with van der Waals surface area (Å²) in [5, 5.41) is 6.80. The first-order valence-corrected chi connectivity index (χ1v) is 18.3. The van der Waals surface area contributed by atoms with Crippen LogP contribution in [0.4, 0.5) is 0 Å². The number of ether oxygens (including phenoxy) is 7. The van der Waals surface area contributed by atoms with Crippen LogP contribution < -0.4 is 49.4 Å². The molecule has 3 aliphatic rings. The third kappa shape index (κ3) is 7.22. The fourth-order valence-electron chi connectivity index (χ4n) is 7.62. The highest BCUT2D eigenvalue weighted by atomic mass is 16.6. The van der Waals surface area contributed by atoms with E-state index < -0.39 is 29.6 Å². The van der Waals surface area contributed by atoms with E-state index in [0.717, 1.165) is 19.4 Å². The molecular formula is C41H43N3O12. The Morgan fingerprint density at radius 3 is 2.09 bits per heavy atom. The maximum Gasteiger partial charge on any atom is 0.336 e. The second kappa shape index (κ2) is 16.4. The molecule has 0 bridgehead atoms. The number of nitrogens with one attached hydrogen (secondary N) is 2. The highest BCUT2D eigenvalue weighted by Gasteiger charge is 2.34. The van der Waals surface area contributed by atoms with Crippen LogP contribution in [0.25, 0.3) is 22.2 Å². The van der Waals surface area contributed by atoms with Gasteiger partial charge in [0.1, 0.15) is 17.7 Å². The molecule has 2 saturated heterocycles. The maximum atomic E-state index is 13.5. The summed E-state index contributed by atoms with van der Waals surface area (Å²) in [6, 6.07) is 10.5. The Morgan fingerprint density at radius 1 is 0.786 bits per heavy atom. The standard InChI is InChI=1S/C41H43N3O12/c1-44-15-12-23-26(18-34(51-4)39(52-5)38(23)56-41(48)28-9-7-14-43-28)37(44)36(22-10-11-29(31(16-22)49-2)55-40(47)27-8-6-13-42-27)25-19-35(46)54-30-20-33(53-21-45)32(50-3)17-24(25)30/h10-11,16-21,27-28,42-43H,6-9,12-15H2,1-5H3/b37-36-/t27-,28?/m0/s1. The Balaban J connectivity index is 1.52. The molecule has 4 heterocycles. The monoisotopic (exact) mass is 769 g/mol. The molecule has 7 rings (SSSR count). The van der Waals surface area contributed by atoms with E-state index >= 15 is 0 Å². The number of fused-ring (bicyclic) bond motifs is 2. The number of rotatable bonds is 12. The molecule has 3 aliphatic heterocycles. The Bertz CT molecular complexity index is 2270. The molecule has 0 saturated carbocycles. The Labute approximate surface area is 322 Å². The van der Waals surface area contributed by atoms with Gasteiger partial charge in [0.25, 0.3) is 6.47 Å². The summed E-state index contributed by atoms with van der Waals surface area (Å²) in [5.74, 6) is 0.710. The van der Waals surface area contributed by atoms with Crippen molar-refractivity contribution in [3.05, 3.63) is 75.1 Å². The highest BCUT2D eigenvalue weighted by molar-refractivity contribution is 6.06. The van der Waals surface area contributed by atoms with E-state index in [1.807, 2.05) is 18.0 Å². The molecule has 294 valence electrons. The lowest BCUT2D eigenvalue weighted by atomic mass is 9.86. The third-order valence-corrected chi connectivity index (χ3v) is 10.3. The lowest BCUT2D eigenvalue weighted by Crippen LogP contribution is -2.35. The van der Waals surface area contributed by atoms with Crippen LogP contribution in [-0.2, 0) is 20.8 Å². The lowest BCUT2D eigenvalue weighted by molar-refractivity contribution is -0.137. The summed E-state index contributed by atoms with van der Waals surface area (Å²) in [6.07, 6.45) is 3.48. The first-order valence-electron chi connectivity index (χ1n) is 18.3. The Hall–Kier alpha value is -6.06. The fraction of sp³-hybridized carbons (Fsp3) is 0.366. The van der Waals surface area contributed by atoms with E-state index in [2.05, 4.69) is 10.6 Å². The van der Waals surface area contributed by atoms with Crippen LogP contribution in [0.15, 0.2) is 51.7 Å². The van der Waals surface area contributed by atoms with Crippen molar-refractivity contribution in [3.63, 3.8) is 0 Å². The first kappa shape index (κ1) is 38.2. The summed E-state index contributed by atoms with van der Waals surface area (Å²) in [6.45, 7) is 2.16. The molecular weight excluding hydrogens is 726 g/mol. The van der Waals surface area contributed by atoms with Crippen molar-refractivity contribution in [1.82, 2.24) is 15.5 Å². The molecule has 1 unspecified atom stereocenters. The van der Waals surface area contributed by atoms with Gasteiger partial charge in [0.2, 0.25) is 5.75 Å². The summed E-state index contributed by atoms with van der Waals surface area (Å²) in [5.41, 5.74) is 2.92. The normalized spacial score (nSPS) is 18.6. The quantitative estimate of drug-likeness (QED) is 0.0913. The van der Waals surface area contributed by atoms with Gasteiger partial charge in [0, 0.05) is 53.4 Å². The zero-order chi connectivity index (χ0) is 39.5. The van der Waals surface area contributed by atoms with Crippen LogP contribution in [0.2, 0.25) is 0 Å². The van der Waals surface area contributed by atoms with E-state index in [-0.39, 0.29) is 46.6 Å². The smallest absolute Gasteiger partial charge is 0.336 e. The molecule has 3 aromatic carbocycles. The van der Waals surface area contributed by atoms with E-state index in [9.17, 15) is 19.2 Å². The van der Waals surface area contributed by atoms with Crippen molar-refractivity contribution in [2.24, 2.45) is 0 Å². The largest absolute Gasteiger partial charge is 0.493 e. The summed E-state index contributed by atoms with van der Waals surface area (Å²) < 4.78 is 45.9. The zero-order valence-electron chi connectivity index (χ0n) is 31.8. The minimum absolute atomic E-state index is 0.0502. The molecule has 0 spiro atoms. The van der Waals surface area contributed by atoms with Crippen molar-refractivity contribution < 1.29 is 52.0 Å². The molecule has 2 N–H and O–H groups in total. The minimum Gasteiger partial charge on any atom is -0.493 e. The van der Waals surface area contributed by atoms with Gasteiger partial charge in [-0.15, -0.1) is 0 Å². The molecule has 4 aromatic rings. The van der Waals surface area contributed by atoms with Crippen molar-refractivity contribution >= 4 is 40.7 Å². The van der Waals surface area contributed by atoms with E-state index in [1.165, 1.54) is 40.6 Å². The second-order valence-electron chi connectivity index (χ2n) is 13.6. The van der Waals surface area contributed by atoms with Crippen LogP contribution in [0.5, 0.6) is 40.2 Å². The summed E-state index contributed by atoms with van der Waals surface area (Å²) in [7, 11) is 7.80. The molecule has 0 radical (unpaired) electrons. The van der Waals surface area contributed by atoms with Gasteiger partial charge >= 0.3 is 17.6 Å². The van der Waals surface area contributed by atoms with E-state index in [1.54, 1.807) is 24.3 Å². The molecule has 0 aliphatic carbocycles. The number of carbonyl (C=O) groups excluding carboxylic acids is 3. The van der Waals surface area contributed by atoms with Crippen molar-refractivity contribution in [2.45, 2.75) is 44.2 Å². The molecule has 0 amide bonds. The first-order chi connectivity index (χ1) is 27.2. The van der Waals surface area contributed by atoms with Crippen LogP contribution in [0.1, 0.15) is 47.9 Å². The Morgan fingerprint density at radius 2 is 1.46 bits per heavy atom. The predicted octanol–water partition coefficient (Wildman–Crippen LogP) is 4.08. The number of benzene rings is 3. The maximum absolute atomic E-state index is 13.5. The number of hydrogen-bond donors (Lipinski definition) is 2. The van der Waals surface area contributed by atoms with Crippen LogP contribution in [0, 0.1) is 0 Å². The fourth-order valence-corrected chi connectivity index (χ4v) is 7.62. The zero-order valence-corrected chi connectivity index (χ0v) is 31.8. The topological polar surface area (TPSA) is 173 Å². The molecule has 15 nitrogen and oxygen atoms in total. The van der Waals surface area contributed by atoms with Gasteiger partial charge in [-0.05, 0) is 75.0 Å². The lowest BCUT2D eigenvalue weighted by Gasteiger charge is -2.34. The van der Waals surface area contributed by atoms with E-state index in [4.69, 9.17) is 37.6 Å². The van der Waals surface area contributed by atoms with Gasteiger partial charge in [-0.25, -0.2) is 14.4 Å². The van der Waals surface area contributed by atoms with Gasteiger partial charge in [-0.3, -0.25) is 4.79 Å². The third-order valence-electron chi connectivity index (χ3n) is 10.3. The van der Waals surface area contributed by atoms with Crippen molar-refractivity contribution in [3.8, 4) is 40.2 Å². The number of carbonyl (C=O) groups is 3. The van der Waals surface area contributed by atoms with Gasteiger partial charge in [0.05, 0.1) is 34.1 Å². The van der Waals surface area contributed by atoms with E-state index in [0.29, 0.717) is 77.0 Å². The average Bonchev–Trinajstić information content (AvgIpc) is 3.95. The number of methoxy groups -OCH3 is 4. The van der Waals surface area contributed by atoms with Crippen LogP contribution in [-0.4, -0.2) is 90.5 Å². The van der Waals surface area contributed by atoms with Gasteiger partial charge in [-0.1, -0.05) is 6.07 Å². The SMILES string of the molecule is COc1cc2c(/C(=C3/c4cc(OC)c(OC)c(OC(=O)C5CCCN5)c4CCN3C)c3ccc(OC(=O)[C@@H]4CCCN4)c(OC)c3)cc(=O)oc2cc1OC=O. The second-order valence-corrected chi connectivity index (χ2v) is 13.6. The molecule has 15 heteroatoms. The van der Waals surface area contributed by atoms with Crippen LogP contribution >= 0.6 is 0 Å². The molecule has 1 aromatic heterocycles. The molecule has 56 heavy (non-hydrogen) atoms. The Kier molecular flexibility index (Phi) is 11.2. The average molecular weight is 770 g/mol. The van der Waals surface area contributed by atoms with Gasteiger partial charge in [0.15, 0.2) is 34.5 Å². The molecule has 2 fully saturated rings. The number of esters is 2.